The van der Waals surface area contributed by atoms with E-state index in [-0.39, 0.29) is 11.5 Å². The molecule has 4 heteroatoms. The highest BCUT2D eigenvalue weighted by Crippen LogP contribution is 2.40. The summed E-state index contributed by atoms with van der Waals surface area (Å²) in [5.74, 6) is 0.419. The lowest BCUT2D eigenvalue weighted by Crippen LogP contribution is -2.00. The first-order chi connectivity index (χ1) is 10.7. The molecule has 0 spiro atoms. The van der Waals surface area contributed by atoms with E-state index in [0.717, 1.165) is 43.7 Å². The molecule has 2 aliphatic heterocycles. The minimum Gasteiger partial charge on any atom is -0.508 e. The lowest BCUT2D eigenvalue weighted by Gasteiger charge is -2.03. The molecule has 2 N–H and O–H groups in total. The summed E-state index contributed by atoms with van der Waals surface area (Å²) in [6.45, 7) is 0. The Morgan fingerprint density at radius 2 is 1.45 bits per heavy atom. The summed E-state index contributed by atoms with van der Waals surface area (Å²) in [4.78, 5) is 9.27. The van der Waals surface area contributed by atoms with Crippen molar-refractivity contribution in [2.24, 2.45) is 9.98 Å². The lowest BCUT2D eigenvalue weighted by atomic mass is 10.0. The second-order valence-electron chi connectivity index (χ2n) is 5.48. The minimum absolute atomic E-state index is 0.203. The maximum absolute atomic E-state index is 9.78. The fourth-order valence-electron chi connectivity index (χ4n) is 3.18. The van der Waals surface area contributed by atoms with Crippen molar-refractivity contribution < 1.29 is 10.2 Å². The molecular formula is C18H10N2O2. The summed E-state index contributed by atoms with van der Waals surface area (Å²) >= 11 is 0. The molecule has 5 rings (SSSR count). The molecule has 0 saturated heterocycles. The van der Waals surface area contributed by atoms with Gasteiger partial charge in [0.05, 0.1) is 22.1 Å². The second kappa shape index (κ2) is 3.74. The number of phenolic OH excluding ortho intramolecular Hbond substituents is 2. The van der Waals surface area contributed by atoms with Gasteiger partial charge in [-0.05, 0) is 42.5 Å². The van der Waals surface area contributed by atoms with Crippen molar-refractivity contribution in [2.45, 2.75) is 0 Å². The van der Waals surface area contributed by atoms with Crippen LogP contribution in [-0.2, 0) is 0 Å². The Bertz CT molecular complexity index is 1200. The summed E-state index contributed by atoms with van der Waals surface area (Å²) in [5, 5.41) is 23.1. The van der Waals surface area contributed by atoms with Crippen LogP contribution in [-0.4, -0.2) is 10.2 Å². The van der Waals surface area contributed by atoms with Gasteiger partial charge in [-0.25, -0.2) is 9.98 Å². The smallest absolute Gasteiger partial charge is 0.117 e. The van der Waals surface area contributed by atoms with E-state index in [9.17, 15) is 10.2 Å². The van der Waals surface area contributed by atoms with E-state index in [1.54, 1.807) is 24.3 Å². The van der Waals surface area contributed by atoms with Crippen LogP contribution in [0, 0.1) is 10.4 Å². The van der Waals surface area contributed by atoms with Gasteiger partial charge in [-0.3, -0.25) is 0 Å². The fraction of sp³-hybridized carbons (Fsp3) is 0. The van der Waals surface area contributed by atoms with Crippen molar-refractivity contribution >= 4 is 11.4 Å². The molecule has 0 saturated carbocycles. The van der Waals surface area contributed by atoms with E-state index >= 15 is 0 Å². The Labute approximate surface area is 124 Å². The van der Waals surface area contributed by atoms with E-state index in [0.29, 0.717) is 0 Å². The maximum atomic E-state index is 9.78. The molecule has 104 valence electrons. The molecule has 0 amide bonds. The standard InChI is InChI=1S/C18H10N2O2/c21-9-2-5-14-13(7-9)17-15(19-14)6-4-12-11-3-1-10(22)8-16(11)20-18(12)17/h1-8,21-22H. The molecule has 0 fully saturated rings. The van der Waals surface area contributed by atoms with Crippen molar-refractivity contribution in [1.29, 1.82) is 0 Å². The van der Waals surface area contributed by atoms with Gasteiger partial charge in [0, 0.05) is 27.6 Å². The first-order valence-electron chi connectivity index (χ1n) is 6.98. The molecule has 0 bridgehead atoms. The number of nitrogens with zero attached hydrogens (tertiary/aromatic N) is 2. The van der Waals surface area contributed by atoms with Gasteiger partial charge in [0.2, 0.25) is 0 Å². The fourth-order valence-corrected chi connectivity index (χ4v) is 3.18. The van der Waals surface area contributed by atoms with Crippen LogP contribution in [0.4, 0.5) is 11.4 Å². The Hall–Kier alpha value is -3.14. The molecule has 4 nitrogen and oxygen atoms in total. The van der Waals surface area contributed by atoms with Crippen LogP contribution in [0.1, 0.15) is 0 Å². The maximum Gasteiger partial charge on any atom is 0.117 e. The zero-order valence-corrected chi connectivity index (χ0v) is 11.4. The van der Waals surface area contributed by atoms with Crippen LogP contribution >= 0.6 is 0 Å². The average molecular weight is 286 g/mol. The largest absolute Gasteiger partial charge is 0.508 e. The Morgan fingerprint density at radius 1 is 0.682 bits per heavy atom. The van der Waals surface area contributed by atoms with Gasteiger partial charge in [-0.1, -0.05) is 0 Å². The van der Waals surface area contributed by atoms with Crippen LogP contribution in [0.3, 0.4) is 0 Å². The molecule has 2 heterocycles. The molecule has 0 radical (unpaired) electrons. The Morgan fingerprint density at radius 3 is 2.36 bits per heavy atom. The van der Waals surface area contributed by atoms with Gasteiger partial charge < -0.3 is 10.2 Å². The van der Waals surface area contributed by atoms with Crippen molar-refractivity contribution in [3.05, 3.63) is 69.7 Å². The van der Waals surface area contributed by atoms with Crippen molar-refractivity contribution in [2.75, 3.05) is 0 Å². The van der Waals surface area contributed by atoms with Crippen LogP contribution in [0.2, 0.25) is 0 Å². The van der Waals surface area contributed by atoms with Gasteiger partial charge in [-0.15, -0.1) is 0 Å². The number of aromatic hydroxyl groups is 2. The lowest BCUT2D eigenvalue weighted by molar-refractivity contribution is 0.474. The zero-order chi connectivity index (χ0) is 14.8. The SMILES string of the molecule is Oc1ccc2c(c1)-c1c3c(ccc1=N2)=c1ccc(O)cc1=N3. The van der Waals surface area contributed by atoms with E-state index in [4.69, 9.17) is 0 Å². The van der Waals surface area contributed by atoms with Crippen LogP contribution < -0.4 is 10.7 Å². The van der Waals surface area contributed by atoms with Crippen LogP contribution in [0.15, 0.2) is 58.5 Å². The quantitative estimate of drug-likeness (QED) is 0.459. The van der Waals surface area contributed by atoms with Crippen molar-refractivity contribution in [3.63, 3.8) is 0 Å². The van der Waals surface area contributed by atoms with Crippen molar-refractivity contribution in [3.8, 4) is 22.6 Å². The van der Waals surface area contributed by atoms with E-state index in [2.05, 4.69) is 9.98 Å². The van der Waals surface area contributed by atoms with Gasteiger partial charge in [0.15, 0.2) is 0 Å². The number of rotatable bonds is 0. The monoisotopic (exact) mass is 286 g/mol. The summed E-state index contributed by atoms with van der Waals surface area (Å²) in [5.41, 5.74) is 3.54. The van der Waals surface area contributed by atoms with E-state index in [1.165, 1.54) is 0 Å². The molecule has 0 aromatic heterocycles. The predicted molar refractivity (Wildman–Crippen MR) is 81.0 cm³/mol. The van der Waals surface area contributed by atoms with Gasteiger partial charge in [0.1, 0.15) is 11.5 Å². The first kappa shape index (κ1) is 11.5. The number of phenols is 2. The molecular weight excluding hydrogens is 276 g/mol. The first-order valence-corrected chi connectivity index (χ1v) is 6.98. The summed E-state index contributed by atoms with van der Waals surface area (Å²) < 4.78 is 0. The van der Waals surface area contributed by atoms with E-state index < -0.39 is 0 Å². The van der Waals surface area contributed by atoms with Crippen LogP contribution in [0.5, 0.6) is 11.5 Å². The third-order valence-corrected chi connectivity index (χ3v) is 4.15. The molecule has 0 unspecified atom stereocenters. The van der Waals surface area contributed by atoms with Gasteiger partial charge in [-0.2, -0.15) is 0 Å². The van der Waals surface area contributed by atoms with Gasteiger partial charge >= 0.3 is 0 Å². The normalized spacial score (nSPS) is 12.7. The summed E-state index contributed by atoms with van der Waals surface area (Å²) in [6, 6.07) is 14.4. The minimum atomic E-state index is 0.203. The third-order valence-electron chi connectivity index (χ3n) is 4.15. The second-order valence-corrected chi connectivity index (χ2v) is 5.48. The average Bonchev–Trinajstić information content (AvgIpc) is 3.03. The summed E-state index contributed by atoms with van der Waals surface area (Å²) in [7, 11) is 0. The molecule has 0 atom stereocenters. The molecule has 3 aromatic rings. The number of benzene rings is 3. The number of hydrogen-bond acceptors (Lipinski definition) is 4. The van der Waals surface area contributed by atoms with Crippen LogP contribution in [0.25, 0.3) is 11.1 Å². The highest BCUT2D eigenvalue weighted by molar-refractivity contribution is 5.87. The Balaban J connectivity index is 1.97. The molecule has 0 aliphatic carbocycles. The summed E-state index contributed by atoms with van der Waals surface area (Å²) in [6.07, 6.45) is 0. The predicted octanol–water partition coefficient (Wildman–Crippen LogP) is 2.58. The Kier molecular flexibility index (Phi) is 1.96. The zero-order valence-electron chi connectivity index (χ0n) is 11.4. The molecule has 22 heavy (non-hydrogen) atoms. The number of fused-ring (bicyclic) bond motifs is 6. The number of hydrogen-bond donors (Lipinski definition) is 2. The topological polar surface area (TPSA) is 65.2 Å². The molecule has 3 aromatic carbocycles. The molecule has 2 aliphatic rings. The highest BCUT2D eigenvalue weighted by atomic mass is 16.3. The third kappa shape index (κ3) is 1.36. The van der Waals surface area contributed by atoms with Gasteiger partial charge in [0.25, 0.3) is 0 Å². The van der Waals surface area contributed by atoms with E-state index in [1.807, 2.05) is 24.3 Å². The van der Waals surface area contributed by atoms with Crippen molar-refractivity contribution in [1.82, 2.24) is 0 Å². The highest BCUT2D eigenvalue weighted by Gasteiger charge is 2.20.